The van der Waals surface area contributed by atoms with Crippen LogP contribution < -0.4 is 5.32 Å². The van der Waals surface area contributed by atoms with Crippen molar-refractivity contribution in [2.75, 3.05) is 13.1 Å². The minimum absolute atomic E-state index is 0.0702. The average molecular weight is 270 g/mol. The summed E-state index contributed by atoms with van der Waals surface area (Å²) >= 11 is 0. The Morgan fingerprint density at radius 2 is 1.89 bits per heavy atom. The van der Waals surface area contributed by atoms with Gasteiger partial charge < -0.3 is 10.0 Å². The van der Waals surface area contributed by atoms with Crippen molar-refractivity contribution in [1.29, 1.82) is 0 Å². The second kappa shape index (κ2) is 5.19. The minimum atomic E-state index is -1.17. The van der Waals surface area contributed by atoms with E-state index < -0.39 is 23.3 Å². The van der Waals surface area contributed by atoms with Crippen molar-refractivity contribution in [3.8, 4) is 0 Å². The normalized spacial score (nSPS) is 18.2. The lowest BCUT2D eigenvalue weighted by atomic mass is 9.89. The highest BCUT2D eigenvalue weighted by Gasteiger charge is 2.34. The number of hydrogen-bond acceptors (Lipinski definition) is 3. The Labute approximate surface area is 113 Å². The number of imide groups is 1. The number of carboxylic acids is 1. The molecule has 19 heavy (non-hydrogen) atoms. The second-order valence-electron chi connectivity index (χ2n) is 6.55. The number of aliphatic carboxylic acids is 1. The fraction of sp³-hybridized carbons (Fsp3) is 0.769. The van der Waals surface area contributed by atoms with E-state index in [1.165, 1.54) is 13.8 Å². The van der Waals surface area contributed by atoms with Gasteiger partial charge in [-0.1, -0.05) is 13.8 Å². The van der Waals surface area contributed by atoms with Gasteiger partial charge in [-0.05, 0) is 25.7 Å². The van der Waals surface area contributed by atoms with Crippen molar-refractivity contribution < 1.29 is 19.5 Å². The topological polar surface area (TPSA) is 86.7 Å². The number of rotatable bonds is 3. The molecule has 6 nitrogen and oxygen atoms in total. The lowest BCUT2D eigenvalue weighted by Gasteiger charge is -2.21. The molecule has 0 bridgehead atoms. The summed E-state index contributed by atoms with van der Waals surface area (Å²) in [5.74, 6) is -1.61. The first kappa shape index (κ1) is 15.5. The maximum atomic E-state index is 11.8. The molecule has 0 aromatic rings. The number of urea groups is 1. The summed E-state index contributed by atoms with van der Waals surface area (Å²) in [4.78, 5) is 36.0. The van der Waals surface area contributed by atoms with E-state index in [4.69, 9.17) is 5.11 Å². The Bertz CT molecular complexity index is 401. The summed E-state index contributed by atoms with van der Waals surface area (Å²) in [7, 11) is 0. The van der Waals surface area contributed by atoms with Crippen LogP contribution in [-0.2, 0) is 9.59 Å². The van der Waals surface area contributed by atoms with Gasteiger partial charge in [0, 0.05) is 19.5 Å². The van der Waals surface area contributed by atoms with E-state index in [9.17, 15) is 14.4 Å². The van der Waals surface area contributed by atoms with Gasteiger partial charge in [0.25, 0.3) is 0 Å². The first-order chi connectivity index (χ1) is 8.53. The van der Waals surface area contributed by atoms with E-state index in [2.05, 4.69) is 19.2 Å². The molecule has 0 unspecified atom stereocenters. The van der Waals surface area contributed by atoms with Crippen molar-refractivity contribution in [3.05, 3.63) is 0 Å². The number of carbonyl (C=O) groups excluding carboxylic acids is 2. The Balaban J connectivity index is 2.50. The Morgan fingerprint density at radius 1 is 1.32 bits per heavy atom. The molecule has 0 saturated carbocycles. The fourth-order valence-corrected chi connectivity index (χ4v) is 2.01. The zero-order valence-electron chi connectivity index (χ0n) is 11.9. The Morgan fingerprint density at radius 3 is 2.32 bits per heavy atom. The Hall–Kier alpha value is -1.59. The van der Waals surface area contributed by atoms with Gasteiger partial charge in [-0.15, -0.1) is 0 Å². The van der Waals surface area contributed by atoms with E-state index >= 15 is 0 Å². The van der Waals surface area contributed by atoms with Crippen molar-refractivity contribution in [3.63, 3.8) is 0 Å². The van der Waals surface area contributed by atoms with E-state index in [1.807, 2.05) is 0 Å². The van der Waals surface area contributed by atoms with Crippen molar-refractivity contribution in [2.45, 2.75) is 40.5 Å². The number of carbonyl (C=O) groups is 3. The van der Waals surface area contributed by atoms with E-state index in [1.54, 1.807) is 4.90 Å². The molecule has 0 aliphatic carbocycles. The van der Waals surface area contributed by atoms with Gasteiger partial charge >= 0.3 is 12.0 Å². The van der Waals surface area contributed by atoms with Crippen molar-refractivity contribution >= 4 is 17.9 Å². The second-order valence-corrected chi connectivity index (χ2v) is 6.55. The molecule has 1 fully saturated rings. The molecule has 3 amide bonds. The highest BCUT2D eigenvalue weighted by molar-refractivity contribution is 5.96. The zero-order valence-corrected chi connectivity index (χ0v) is 11.9. The van der Waals surface area contributed by atoms with Gasteiger partial charge in [0.1, 0.15) is 0 Å². The van der Waals surface area contributed by atoms with Crippen LogP contribution in [0.3, 0.4) is 0 Å². The third-order valence-corrected chi connectivity index (χ3v) is 3.39. The van der Waals surface area contributed by atoms with Gasteiger partial charge in [0.2, 0.25) is 5.91 Å². The first-order valence-corrected chi connectivity index (χ1v) is 6.36. The molecule has 1 heterocycles. The molecule has 0 atom stereocenters. The number of carboxylic acid groups (broad SMARTS) is 1. The molecule has 1 saturated heterocycles. The van der Waals surface area contributed by atoms with Crippen LogP contribution >= 0.6 is 0 Å². The average Bonchev–Trinajstić information content (AvgIpc) is 2.57. The van der Waals surface area contributed by atoms with E-state index in [-0.39, 0.29) is 11.8 Å². The highest BCUT2D eigenvalue weighted by atomic mass is 16.4. The standard InChI is InChI=1S/C13H22N2O4/c1-12(2)5-6-15(8-12)11(19)14-9(16)7-13(3,4)10(17)18/h5-8H2,1-4H3,(H,17,18)(H,14,16,19). The predicted octanol–water partition coefficient (Wildman–Crippen LogP) is 1.46. The molecule has 108 valence electrons. The molecule has 0 spiro atoms. The summed E-state index contributed by atoms with van der Waals surface area (Å²) in [6.45, 7) is 8.27. The maximum absolute atomic E-state index is 11.8. The molecule has 6 heteroatoms. The number of amides is 3. The minimum Gasteiger partial charge on any atom is -0.481 e. The number of nitrogens with zero attached hydrogens (tertiary/aromatic N) is 1. The monoisotopic (exact) mass is 270 g/mol. The van der Waals surface area contributed by atoms with Crippen molar-refractivity contribution in [1.82, 2.24) is 10.2 Å². The third-order valence-electron chi connectivity index (χ3n) is 3.39. The summed E-state index contributed by atoms with van der Waals surface area (Å²) in [6, 6.07) is -0.434. The van der Waals surface area contributed by atoms with Gasteiger partial charge in [-0.2, -0.15) is 0 Å². The molecule has 1 aliphatic rings. The van der Waals surface area contributed by atoms with Crippen LogP contribution in [0.2, 0.25) is 0 Å². The molecule has 1 aliphatic heterocycles. The zero-order chi connectivity index (χ0) is 14.8. The maximum Gasteiger partial charge on any atom is 0.324 e. The molecule has 0 aromatic carbocycles. The highest BCUT2D eigenvalue weighted by Crippen LogP contribution is 2.28. The predicted molar refractivity (Wildman–Crippen MR) is 69.5 cm³/mol. The van der Waals surface area contributed by atoms with Gasteiger partial charge in [0.05, 0.1) is 5.41 Å². The molecular formula is C13H22N2O4. The fourth-order valence-electron chi connectivity index (χ4n) is 2.01. The largest absolute Gasteiger partial charge is 0.481 e. The molecule has 2 N–H and O–H groups in total. The lowest BCUT2D eigenvalue weighted by Crippen LogP contribution is -2.44. The van der Waals surface area contributed by atoms with Gasteiger partial charge in [0.15, 0.2) is 0 Å². The molecule has 0 radical (unpaired) electrons. The summed E-state index contributed by atoms with van der Waals surface area (Å²) in [6.07, 6.45) is 0.681. The van der Waals surface area contributed by atoms with Crippen molar-refractivity contribution in [2.24, 2.45) is 10.8 Å². The van der Waals surface area contributed by atoms with E-state index in [0.717, 1.165) is 6.42 Å². The summed E-state index contributed by atoms with van der Waals surface area (Å²) < 4.78 is 0. The SMILES string of the molecule is CC1(C)CCN(C(=O)NC(=O)CC(C)(C)C(=O)O)C1. The lowest BCUT2D eigenvalue weighted by molar-refractivity contribution is -0.149. The summed E-state index contributed by atoms with van der Waals surface area (Å²) in [5.41, 5.74) is -1.10. The summed E-state index contributed by atoms with van der Waals surface area (Å²) in [5, 5.41) is 11.2. The number of likely N-dealkylation sites (tertiary alicyclic amines) is 1. The Kier molecular flexibility index (Phi) is 4.22. The van der Waals surface area contributed by atoms with Gasteiger partial charge in [-0.25, -0.2) is 4.79 Å². The number of hydrogen-bond donors (Lipinski definition) is 2. The van der Waals surface area contributed by atoms with E-state index in [0.29, 0.717) is 13.1 Å². The quantitative estimate of drug-likeness (QED) is 0.812. The van der Waals surface area contributed by atoms with Crippen LogP contribution in [-0.4, -0.2) is 41.0 Å². The first-order valence-electron chi connectivity index (χ1n) is 6.36. The van der Waals surface area contributed by atoms with Crippen LogP contribution in [0.5, 0.6) is 0 Å². The van der Waals surface area contributed by atoms with Crippen LogP contribution in [0, 0.1) is 10.8 Å². The number of nitrogens with one attached hydrogen (secondary N) is 1. The third kappa shape index (κ3) is 4.22. The van der Waals surface area contributed by atoms with Crippen LogP contribution in [0.15, 0.2) is 0 Å². The van der Waals surface area contributed by atoms with Crippen LogP contribution in [0.4, 0.5) is 4.79 Å². The van der Waals surface area contributed by atoms with Gasteiger partial charge in [-0.3, -0.25) is 14.9 Å². The van der Waals surface area contributed by atoms with Crippen LogP contribution in [0.25, 0.3) is 0 Å². The van der Waals surface area contributed by atoms with Crippen LogP contribution in [0.1, 0.15) is 40.5 Å². The smallest absolute Gasteiger partial charge is 0.324 e. The molecule has 0 aromatic heterocycles. The molecular weight excluding hydrogens is 248 g/mol. The molecule has 1 rings (SSSR count).